The molecule has 0 saturated heterocycles. The normalized spacial score (nSPS) is 10.3. The smallest absolute Gasteiger partial charge is 0.136 e. The summed E-state index contributed by atoms with van der Waals surface area (Å²) in [5, 5.41) is 9.03. The van der Waals surface area contributed by atoms with Crippen molar-refractivity contribution in [3.63, 3.8) is 0 Å². The Balaban J connectivity index is 2.82. The highest BCUT2D eigenvalue weighted by Crippen LogP contribution is 2.19. The van der Waals surface area contributed by atoms with Crippen LogP contribution in [-0.2, 0) is 6.54 Å². The topological polar surface area (TPSA) is 36.3 Å². The highest BCUT2D eigenvalue weighted by atomic mass is 16.5. The van der Waals surface area contributed by atoms with Crippen molar-refractivity contribution in [1.29, 1.82) is 5.26 Å². The third-order valence-electron chi connectivity index (χ3n) is 2.78. The van der Waals surface area contributed by atoms with Crippen LogP contribution in [0.3, 0.4) is 0 Å². The van der Waals surface area contributed by atoms with Crippen LogP contribution in [0.25, 0.3) is 0 Å². The summed E-state index contributed by atoms with van der Waals surface area (Å²) >= 11 is 0. The van der Waals surface area contributed by atoms with Crippen molar-refractivity contribution in [2.75, 3.05) is 20.2 Å². The van der Waals surface area contributed by atoms with Crippen molar-refractivity contribution >= 4 is 0 Å². The van der Waals surface area contributed by atoms with Gasteiger partial charge in [0.1, 0.15) is 11.8 Å². The summed E-state index contributed by atoms with van der Waals surface area (Å²) in [6, 6.07) is 7.97. The molecule has 0 aliphatic heterocycles. The molecular weight excluding hydrogens is 212 g/mol. The molecule has 0 N–H and O–H groups in total. The maximum atomic E-state index is 9.03. The van der Waals surface area contributed by atoms with Crippen molar-refractivity contribution in [3.05, 3.63) is 29.3 Å². The molecular formula is C14H20N2O. The lowest BCUT2D eigenvalue weighted by atomic mass is 10.1. The maximum Gasteiger partial charge on any atom is 0.136 e. The molecule has 1 aromatic carbocycles. The van der Waals surface area contributed by atoms with Gasteiger partial charge in [-0.05, 0) is 37.2 Å². The van der Waals surface area contributed by atoms with Crippen molar-refractivity contribution in [1.82, 2.24) is 4.90 Å². The first kappa shape index (κ1) is 13.5. The predicted molar refractivity (Wildman–Crippen MR) is 69.0 cm³/mol. The summed E-state index contributed by atoms with van der Waals surface area (Å²) in [4.78, 5) is 2.36. The van der Waals surface area contributed by atoms with Gasteiger partial charge in [-0.15, -0.1) is 0 Å². The van der Waals surface area contributed by atoms with Crippen LogP contribution in [0, 0.1) is 11.3 Å². The lowest BCUT2D eigenvalue weighted by molar-refractivity contribution is 0.280. The first-order valence-electron chi connectivity index (χ1n) is 6.04. The Bertz CT molecular complexity index is 396. The van der Waals surface area contributed by atoms with E-state index in [4.69, 9.17) is 10.00 Å². The number of hydrogen-bond acceptors (Lipinski definition) is 3. The van der Waals surface area contributed by atoms with Crippen molar-refractivity contribution in [2.45, 2.75) is 26.8 Å². The quantitative estimate of drug-likeness (QED) is 0.756. The second-order valence-corrected chi connectivity index (χ2v) is 4.02. The summed E-state index contributed by atoms with van der Waals surface area (Å²) in [6.45, 7) is 7.34. The summed E-state index contributed by atoms with van der Waals surface area (Å²) in [5.41, 5.74) is 1.77. The fraction of sp³-hybridized carbons (Fsp3) is 0.500. The first-order chi connectivity index (χ1) is 8.24. The molecule has 0 saturated carbocycles. The summed E-state index contributed by atoms with van der Waals surface area (Å²) in [5.74, 6) is 0.648. The van der Waals surface area contributed by atoms with Crippen LogP contribution in [0.1, 0.15) is 31.4 Å². The Morgan fingerprint density at radius 3 is 2.65 bits per heavy atom. The number of ether oxygens (including phenoxy) is 1. The van der Waals surface area contributed by atoms with E-state index in [1.807, 2.05) is 18.2 Å². The van der Waals surface area contributed by atoms with E-state index < -0.39 is 0 Å². The van der Waals surface area contributed by atoms with Gasteiger partial charge in [-0.25, -0.2) is 0 Å². The number of rotatable bonds is 6. The maximum absolute atomic E-state index is 9.03. The van der Waals surface area contributed by atoms with Gasteiger partial charge in [0.25, 0.3) is 0 Å². The second kappa shape index (κ2) is 6.93. The van der Waals surface area contributed by atoms with Crippen LogP contribution >= 0.6 is 0 Å². The SMILES string of the molecule is CCCN(CC)Cc1ccc(OC)c(C#N)c1. The van der Waals surface area contributed by atoms with Gasteiger partial charge in [-0.3, -0.25) is 4.90 Å². The Kier molecular flexibility index (Phi) is 5.51. The zero-order valence-electron chi connectivity index (χ0n) is 10.9. The zero-order valence-corrected chi connectivity index (χ0v) is 10.9. The molecule has 0 amide bonds. The monoisotopic (exact) mass is 232 g/mol. The van der Waals surface area contributed by atoms with E-state index in [0.29, 0.717) is 11.3 Å². The highest BCUT2D eigenvalue weighted by molar-refractivity contribution is 5.45. The summed E-state index contributed by atoms with van der Waals surface area (Å²) in [6.07, 6.45) is 1.15. The molecule has 0 aliphatic rings. The Morgan fingerprint density at radius 1 is 1.35 bits per heavy atom. The molecule has 17 heavy (non-hydrogen) atoms. The van der Waals surface area contributed by atoms with Crippen LogP contribution in [0.2, 0.25) is 0 Å². The van der Waals surface area contributed by atoms with Crippen LogP contribution in [-0.4, -0.2) is 25.1 Å². The van der Waals surface area contributed by atoms with E-state index in [9.17, 15) is 0 Å². The Hall–Kier alpha value is -1.53. The molecule has 0 aromatic heterocycles. The van der Waals surface area contributed by atoms with E-state index in [0.717, 1.165) is 31.6 Å². The minimum atomic E-state index is 0.609. The Morgan fingerprint density at radius 2 is 2.12 bits per heavy atom. The Labute approximate surface area is 104 Å². The molecule has 0 unspecified atom stereocenters. The average Bonchev–Trinajstić information content (AvgIpc) is 2.38. The molecule has 1 rings (SSSR count). The molecule has 0 fully saturated rings. The van der Waals surface area contributed by atoms with Crippen molar-refractivity contribution < 1.29 is 4.74 Å². The number of nitrogens with zero attached hydrogens (tertiary/aromatic N) is 2. The molecule has 0 heterocycles. The lowest BCUT2D eigenvalue weighted by Gasteiger charge is -2.19. The van der Waals surface area contributed by atoms with Crippen LogP contribution in [0.15, 0.2) is 18.2 Å². The first-order valence-corrected chi connectivity index (χ1v) is 6.04. The molecule has 3 nitrogen and oxygen atoms in total. The fourth-order valence-electron chi connectivity index (χ4n) is 1.86. The second-order valence-electron chi connectivity index (χ2n) is 4.02. The molecule has 0 spiro atoms. The summed E-state index contributed by atoms with van der Waals surface area (Å²) < 4.78 is 5.13. The van der Waals surface area contributed by atoms with Crippen molar-refractivity contribution in [2.24, 2.45) is 0 Å². The molecule has 0 aliphatic carbocycles. The minimum Gasteiger partial charge on any atom is -0.495 e. The van der Waals surface area contributed by atoms with E-state index >= 15 is 0 Å². The van der Waals surface area contributed by atoms with Gasteiger partial charge in [0, 0.05) is 6.54 Å². The van der Waals surface area contributed by atoms with E-state index in [-0.39, 0.29) is 0 Å². The highest BCUT2D eigenvalue weighted by Gasteiger charge is 2.06. The summed E-state index contributed by atoms with van der Waals surface area (Å²) in [7, 11) is 1.59. The van der Waals surface area contributed by atoms with Gasteiger partial charge in [-0.2, -0.15) is 5.26 Å². The predicted octanol–water partition coefficient (Wildman–Crippen LogP) is 2.80. The molecule has 0 atom stereocenters. The third-order valence-corrected chi connectivity index (χ3v) is 2.78. The van der Waals surface area contributed by atoms with Gasteiger partial charge < -0.3 is 4.74 Å². The van der Waals surface area contributed by atoms with Crippen LogP contribution in [0.4, 0.5) is 0 Å². The molecule has 0 radical (unpaired) electrons. The zero-order chi connectivity index (χ0) is 12.7. The van der Waals surface area contributed by atoms with E-state index in [2.05, 4.69) is 24.8 Å². The number of benzene rings is 1. The van der Waals surface area contributed by atoms with E-state index in [1.165, 1.54) is 0 Å². The fourth-order valence-corrected chi connectivity index (χ4v) is 1.86. The minimum absolute atomic E-state index is 0.609. The largest absolute Gasteiger partial charge is 0.495 e. The van der Waals surface area contributed by atoms with E-state index in [1.54, 1.807) is 7.11 Å². The molecule has 3 heteroatoms. The van der Waals surface area contributed by atoms with Gasteiger partial charge in [0.2, 0.25) is 0 Å². The molecule has 0 bridgehead atoms. The third kappa shape index (κ3) is 3.76. The van der Waals surface area contributed by atoms with Gasteiger partial charge in [-0.1, -0.05) is 19.9 Å². The van der Waals surface area contributed by atoms with Crippen LogP contribution in [0.5, 0.6) is 5.75 Å². The van der Waals surface area contributed by atoms with Gasteiger partial charge in [0.15, 0.2) is 0 Å². The lowest BCUT2D eigenvalue weighted by Crippen LogP contribution is -2.23. The molecule has 1 aromatic rings. The number of hydrogen-bond donors (Lipinski definition) is 0. The van der Waals surface area contributed by atoms with Crippen LogP contribution < -0.4 is 4.74 Å². The standard InChI is InChI=1S/C14H20N2O/c1-4-8-16(5-2)11-12-6-7-14(17-3)13(9-12)10-15/h6-7,9H,4-5,8,11H2,1-3H3. The number of nitriles is 1. The average molecular weight is 232 g/mol. The van der Waals surface area contributed by atoms with Gasteiger partial charge >= 0.3 is 0 Å². The molecule has 92 valence electrons. The van der Waals surface area contributed by atoms with Crippen molar-refractivity contribution in [3.8, 4) is 11.8 Å². The van der Waals surface area contributed by atoms with Gasteiger partial charge in [0.05, 0.1) is 12.7 Å². The number of methoxy groups -OCH3 is 1.